The number of rotatable bonds is 14. The first-order chi connectivity index (χ1) is 39.9. The highest BCUT2D eigenvalue weighted by molar-refractivity contribution is 5.17. The molecule has 11 rings (SSSR count). The third kappa shape index (κ3) is 11.2. The average Bonchev–Trinajstić information content (AvgIpc) is 1.67. The van der Waals surface area contributed by atoms with Gasteiger partial charge in [-0.25, -0.2) is 0 Å². The molecule has 0 aromatic rings. The molecule has 484 valence electrons. The average molecular weight is 1210 g/mol. The van der Waals surface area contributed by atoms with Crippen LogP contribution in [0.15, 0.2) is 0 Å². The van der Waals surface area contributed by atoms with Gasteiger partial charge in [0.15, 0.2) is 37.2 Å². The lowest BCUT2D eigenvalue weighted by atomic mass is 9.43. The van der Waals surface area contributed by atoms with Crippen molar-refractivity contribution in [1.29, 1.82) is 0 Å². The van der Waals surface area contributed by atoms with Crippen LogP contribution in [0.25, 0.3) is 0 Å². The van der Waals surface area contributed by atoms with Crippen LogP contribution in [0.1, 0.15) is 85.5 Å². The van der Waals surface area contributed by atoms with Crippen molar-refractivity contribution in [2.24, 2.45) is 52.3 Å². The van der Waals surface area contributed by atoms with E-state index in [2.05, 4.69) is 27.7 Å². The van der Waals surface area contributed by atoms with Gasteiger partial charge in [-0.05, 0) is 97.7 Å². The molecule has 0 aromatic heterocycles. The Morgan fingerprint density at radius 3 is 1.62 bits per heavy atom. The van der Waals surface area contributed by atoms with Crippen LogP contribution in [0, 0.1) is 52.3 Å². The van der Waals surface area contributed by atoms with E-state index in [0.717, 1.165) is 32.1 Å². The van der Waals surface area contributed by atoms with Crippen molar-refractivity contribution in [2.75, 3.05) is 39.6 Å². The molecule has 5 unspecified atom stereocenters. The Hall–Kier alpha value is -1.12. The topological polar surface area (TPSA) is 434 Å². The van der Waals surface area contributed by atoms with Crippen LogP contribution < -0.4 is 0 Å². The largest absolute Gasteiger partial charge is 0.394 e. The highest BCUT2D eigenvalue weighted by Gasteiger charge is 2.70. The fourth-order valence-electron chi connectivity index (χ4n) is 17.4. The summed E-state index contributed by atoms with van der Waals surface area (Å²) in [5, 5.41) is 175. The molecule has 84 heavy (non-hydrogen) atoms. The molecular formula is C56H92O28. The van der Waals surface area contributed by atoms with Gasteiger partial charge in [-0.2, -0.15) is 0 Å². The van der Waals surface area contributed by atoms with Crippen LogP contribution in [0.2, 0.25) is 0 Å². The lowest BCUT2D eigenvalue weighted by molar-refractivity contribution is -0.406. The molecule has 37 atom stereocenters. The highest BCUT2D eigenvalue weighted by atomic mass is 16.8. The van der Waals surface area contributed by atoms with Gasteiger partial charge in [-0.15, -0.1) is 0 Å². The van der Waals surface area contributed by atoms with E-state index in [-0.39, 0.29) is 28.8 Å². The maximum atomic E-state index is 12.2. The molecule has 7 saturated heterocycles. The van der Waals surface area contributed by atoms with Crippen LogP contribution in [0.4, 0.5) is 0 Å². The zero-order valence-corrected chi connectivity index (χ0v) is 47.8. The van der Waals surface area contributed by atoms with E-state index in [0.29, 0.717) is 61.9 Å². The number of hydrogen-bond donors (Lipinski definition) is 16. The molecule has 28 heteroatoms. The van der Waals surface area contributed by atoms with Gasteiger partial charge in [-0.1, -0.05) is 27.7 Å². The van der Waals surface area contributed by atoms with Crippen LogP contribution >= 0.6 is 0 Å². The Morgan fingerprint density at radius 1 is 0.440 bits per heavy atom. The van der Waals surface area contributed by atoms with Crippen LogP contribution in [0.5, 0.6) is 0 Å². The molecule has 4 saturated carbocycles. The van der Waals surface area contributed by atoms with Crippen molar-refractivity contribution in [3.05, 3.63) is 0 Å². The van der Waals surface area contributed by atoms with Crippen molar-refractivity contribution in [1.82, 2.24) is 0 Å². The molecule has 0 aromatic carbocycles. The van der Waals surface area contributed by atoms with Gasteiger partial charge in [0.2, 0.25) is 0 Å². The Morgan fingerprint density at radius 2 is 0.988 bits per heavy atom. The summed E-state index contributed by atoms with van der Waals surface area (Å²) in [5.74, 6) is 1.51. The molecule has 28 nitrogen and oxygen atoms in total. The first-order valence-corrected chi connectivity index (χ1v) is 30.3. The summed E-state index contributed by atoms with van der Waals surface area (Å²) in [4.78, 5) is 0. The summed E-state index contributed by atoms with van der Waals surface area (Å²) < 4.78 is 72.9. The van der Waals surface area contributed by atoms with Crippen LogP contribution in [-0.2, 0) is 56.8 Å². The molecular weight excluding hydrogens is 1120 g/mol. The minimum atomic E-state index is -2.09. The van der Waals surface area contributed by atoms with Gasteiger partial charge in [0, 0.05) is 12.3 Å². The quantitative estimate of drug-likeness (QED) is 0.0722. The molecule has 7 heterocycles. The zero-order valence-electron chi connectivity index (χ0n) is 47.8. The van der Waals surface area contributed by atoms with E-state index in [1.165, 1.54) is 0 Å². The standard InChI is InChI=1S/C56H92O28/c1-20-5-10-56(74-18-20)21(2)34-28(84-56)13-25-23-12-27(61)26-11-22(6-8-54(26,3)24(23)7-9-55(25,34)4)75-50-45(72)41(68)46(32(17-60)79-50)81-53-48(83-52-44(71)40(67)36(63)30(15-58)77-52)47(38(65)31(16-59)78-53)82-49-42(69)37(64)33(19-73-49)80-51-43(70)39(66)35(62)29(14-57)76-51/h20-53,57-72H,5-19H2,1-4H3/t20?,21-,22-,23?,24?,25?,26?,27+,28-,29+,30+,31+,32+,33+,34-,35+,36+,37-,38+,39-,40-,41+,42+,43+,44+,45+,46-,47-,48+,49-,50+,51-,52-,53-,54+,55-,56+/m0/s1. The van der Waals surface area contributed by atoms with Crippen molar-refractivity contribution < 1.29 is 139 Å². The molecule has 7 aliphatic heterocycles. The summed E-state index contributed by atoms with van der Waals surface area (Å²) in [6.45, 7) is 5.83. The molecule has 16 N–H and O–H groups in total. The number of fused-ring (bicyclic) bond motifs is 7. The number of ether oxygens (including phenoxy) is 12. The normalized spacial score (nSPS) is 57.7. The number of hydrogen-bond acceptors (Lipinski definition) is 28. The lowest BCUT2D eigenvalue weighted by Gasteiger charge is -2.62. The summed E-state index contributed by atoms with van der Waals surface area (Å²) in [7, 11) is 0. The van der Waals surface area contributed by atoms with E-state index >= 15 is 0 Å². The van der Waals surface area contributed by atoms with Crippen molar-refractivity contribution in [3.8, 4) is 0 Å². The predicted octanol–water partition coefficient (Wildman–Crippen LogP) is -5.48. The van der Waals surface area contributed by atoms with E-state index in [1.54, 1.807) is 0 Å². The van der Waals surface area contributed by atoms with Gasteiger partial charge >= 0.3 is 0 Å². The first-order valence-electron chi connectivity index (χ1n) is 30.3. The summed E-state index contributed by atoms with van der Waals surface area (Å²) in [6.07, 6.45) is -37.5. The smallest absolute Gasteiger partial charge is 0.187 e. The Labute approximate surface area is 486 Å². The van der Waals surface area contributed by atoms with Gasteiger partial charge in [0.1, 0.15) is 116 Å². The maximum absolute atomic E-state index is 12.2. The highest BCUT2D eigenvalue weighted by Crippen LogP contribution is 2.71. The second-order valence-electron chi connectivity index (χ2n) is 26.8. The molecule has 0 bridgehead atoms. The molecule has 11 aliphatic rings. The molecule has 0 radical (unpaired) electrons. The Balaban J connectivity index is 0.769. The number of aliphatic hydroxyl groups is 16. The Kier molecular flexibility index (Phi) is 19.3. The monoisotopic (exact) mass is 1210 g/mol. The summed E-state index contributed by atoms with van der Waals surface area (Å²) in [5.41, 5.74) is -0.171. The first kappa shape index (κ1) is 64.4. The maximum Gasteiger partial charge on any atom is 0.187 e. The molecule has 1 spiro atoms. The fraction of sp³-hybridized carbons (Fsp3) is 1.00. The SMILES string of the molecule is CC1CC[C@@]2(OC1)O[C@H]1CC3C4C[C@@H](O)C5C[C@@H](O[C@@H]6O[C@H](CO)[C@H](O[C@@H]7O[C@H](CO)[C@@H](O)[C@H](O[C@@H]8OC[C@@H](O[C@@H]9O[C@H](CO)[C@@H](O)[C@H](O)[C@H]9O)[C@H](O)[C@H]8O)[C@H]7O[C@@H]7O[C@H](CO)[C@@H](O)[C@H](O)[C@H]7O)[C@H](O)[C@H]6O)CC[C@]5(C)C4CC[C@]3(C)[C@H]1[C@@H]2C. The van der Waals surface area contributed by atoms with Gasteiger partial charge in [0.05, 0.1) is 58.0 Å². The van der Waals surface area contributed by atoms with E-state index in [1.807, 2.05) is 0 Å². The second kappa shape index (κ2) is 25.2. The van der Waals surface area contributed by atoms with E-state index < -0.39 is 198 Å². The summed E-state index contributed by atoms with van der Waals surface area (Å²) >= 11 is 0. The minimum absolute atomic E-state index is 0.0503. The molecule has 0 amide bonds. The van der Waals surface area contributed by atoms with Crippen LogP contribution in [0.3, 0.4) is 0 Å². The molecule has 11 fully saturated rings. The second-order valence-corrected chi connectivity index (χ2v) is 26.8. The van der Waals surface area contributed by atoms with Crippen LogP contribution in [-0.4, -0.2) is 293 Å². The van der Waals surface area contributed by atoms with Crippen molar-refractivity contribution in [2.45, 2.75) is 257 Å². The Bertz CT molecular complexity index is 2180. The minimum Gasteiger partial charge on any atom is -0.394 e. The lowest BCUT2D eigenvalue weighted by Crippen LogP contribution is -2.68. The van der Waals surface area contributed by atoms with E-state index in [9.17, 15) is 81.7 Å². The molecule has 4 aliphatic carbocycles. The fourth-order valence-corrected chi connectivity index (χ4v) is 17.4. The third-order valence-electron chi connectivity index (χ3n) is 22.2. The van der Waals surface area contributed by atoms with Crippen molar-refractivity contribution >= 4 is 0 Å². The predicted molar refractivity (Wildman–Crippen MR) is 276 cm³/mol. The summed E-state index contributed by atoms with van der Waals surface area (Å²) in [6, 6.07) is 0. The third-order valence-corrected chi connectivity index (χ3v) is 22.2. The van der Waals surface area contributed by atoms with E-state index in [4.69, 9.17) is 56.8 Å². The van der Waals surface area contributed by atoms with Gasteiger partial charge < -0.3 is 139 Å². The van der Waals surface area contributed by atoms with Gasteiger partial charge in [0.25, 0.3) is 0 Å². The zero-order chi connectivity index (χ0) is 60.2. The van der Waals surface area contributed by atoms with Gasteiger partial charge in [-0.3, -0.25) is 0 Å². The van der Waals surface area contributed by atoms with Crippen molar-refractivity contribution in [3.63, 3.8) is 0 Å². The number of aliphatic hydroxyl groups excluding tert-OH is 16.